The Hall–Kier alpha value is -2.09. The number of hydrogen-bond donors (Lipinski definition) is 2. The molecule has 6 nitrogen and oxygen atoms in total. The van der Waals surface area contributed by atoms with Crippen LogP contribution in [0.4, 0.5) is 0 Å². The van der Waals surface area contributed by atoms with Crippen LogP contribution in [-0.2, 0) is 10.0 Å². The van der Waals surface area contributed by atoms with E-state index >= 15 is 0 Å². The second-order valence-electron chi connectivity index (χ2n) is 6.01. The zero-order valence-corrected chi connectivity index (χ0v) is 17.0. The average molecular weight is 411 g/mol. The lowest BCUT2D eigenvalue weighted by atomic mass is 10.1. The lowest BCUT2D eigenvalue weighted by Crippen LogP contribution is -2.28. The van der Waals surface area contributed by atoms with Gasteiger partial charge in [0.15, 0.2) is 0 Å². The first-order chi connectivity index (χ1) is 12.8. The molecule has 0 saturated carbocycles. The summed E-state index contributed by atoms with van der Waals surface area (Å²) in [5.74, 6) is -0.201. The van der Waals surface area contributed by atoms with Gasteiger partial charge in [0.1, 0.15) is 10.6 Å². The molecule has 2 N–H and O–H groups in total. The number of carbonyl (C=O) groups is 1. The summed E-state index contributed by atoms with van der Waals surface area (Å²) < 4.78 is 32.6. The number of benzene rings is 2. The number of amides is 1. The molecule has 0 aliphatic rings. The van der Waals surface area contributed by atoms with Crippen molar-refractivity contribution >= 4 is 27.5 Å². The summed E-state index contributed by atoms with van der Waals surface area (Å²) in [7, 11) is -2.39. The van der Waals surface area contributed by atoms with Crippen molar-refractivity contribution in [3.8, 4) is 5.75 Å². The molecule has 0 radical (unpaired) electrons. The maximum absolute atomic E-state index is 12.6. The summed E-state index contributed by atoms with van der Waals surface area (Å²) in [5, 5.41) is 3.47. The number of ether oxygens (including phenoxy) is 1. The standard InChI is InChI=1S/C19H23ClN2O4S/c1-4-11-21-27(24,25)18-12-15(7-10-17(18)26-3)19(23)22-13(2)14-5-8-16(20)9-6-14/h5-10,12-13,21H,4,11H2,1-3H3,(H,22,23)/t13-/m0/s1. The van der Waals surface area contributed by atoms with Crippen LogP contribution in [0.25, 0.3) is 0 Å². The van der Waals surface area contributed by atoms with Gasteiger partial charge in [0.05, 0.1) is 13.2 Å². The minimum absolute atomic E-state index is 0.0646. The van der Waals surface area contributed by atoms with Gasteiger partial charge in [-0.2, -0.15) is 0 Å². The Labute approximate surface area is 164 Å². The molecule has 0 heterocycles. The number of hydrogen-bond acceptors (Lipinski definition) is 4. The van der Waals surface area contributed by atoms with Gasteiger partial charge in [-0.3, -0.25) is 4.79 Å². The predicted octanol–water partition coefficient (Wildman–Crippen LogP) is 3.53. The minimum Gasteiger partial charge on any atom is -0.495 e. The Morgan fingerprint density at radius 3 is 2.44 bits per heavy atom. The minimum atomic E-state index is -3.78. The molecule has 0 fully saturated rings. The van der Waals surface area contributed by atoms with Crippen LogP contribution < -0.4 is 14.8 Å². The quantitative estimate of drug-likeness (QED) is 0.697. The molecular weight excluding hydrogens is 388 g/mol. The fraction of sp³-hybridized carbons (Fsp3) is 0.316. The molecule has 8 heteroatoms. The first-order valence-electron chi connectivity index (χ1n) is 8.52. The van der Waals surface area contributed by atoms with E-state index in [-0.39, 0.29) is 28.2 Å². The van der Waals surface area contributed by atoms with Crippen molar-refractivity contribution in [1.82, 2.24) is 10.0 Å². The van der Waals surface area contributed by atoms with Crippen molar-refractivity contribution in [2.24, 2.45) is 0 Å². The van der Waals surface area contributed by atoms with E-state index < -0.39 is 10.0 Å². The smallest absolute Gasteiger partial charge is 0.251 e. The Morgan fingerprint density at radius 1 is 1.19 bits per heavy atom. The lowest BCUT2D eigenvalue weighted by molar-refractivity contribution is 0.0939. The first-order valence-corrected chi connectivity index (χ1v) is 10.4. The molecule has 1 atom stereocenters. The van der Waals surface area contributed by atoms with Crippen molar-refractivity contribution in [2.45, 2.75) is 31.2 Å². The lowest BCUT2D eigenvalue weighted by Gasteiger charge is -2.16. The van der Waals surface area contributed by atoms with Crippen LogP contribution in [0.1, 0.15) is 42.2 Å². The highest BCUT2D eigenvalue weighted by atomic mass is 35.5. The first kappa shape index (κ1) is 21.2. The normalized spacial score (nSPS) is 12.4. The average Bonchev–Trinajstić information content (AvgIpc) is 2.66. The summed E-state index contributed by atoms with van der Waals surface area (Å²) in [6.07, 6.45) is 0.653. The molecule has 27 heavy (non-hydrogen) atoms. The summed E-state index contributed by atoms with van der Waals surface area (Å²) in [4.78, 5) is 12.5. The van der Waals surface area contributed by atoms with Gasteiger partial charge in [-0.15, -0.1) is 0 Å². The van der Waals surface area contributed by atoms with Crippen molar-refractivity contribution in [1.29, 1.82) is 0 Å². The second-order valence-corrected chi connectivity index (χ2v) is 8.18. The van der Waals surface area contributed by atoms with Crippen LogP contribution in [0.2, 0.25) is 5.02 Å². The maximum atomic E-state index is 12.6. The fourth-order valence-corrected chi connectivity index (χ4v) is 3.91. The van der Waals surface area contributed by atoms with E-state index in [0.717, 1.165) is 5.56 Å². The Kier molecular flexibility index (Phi) is 7.24. The number of nitrogens with one attached hydrogen (secondary N) is 2. The third-order valence-electron chi connectivity index (χ3n) is 3.98. The van der Waals surface area contributed by atoms with E-state index in [0.29, 0.717) is 18.0 Å². The van der Waals surface area contributed by atoms with E-state index in [2.05, 4.69) is 10.0 Å². The highest BCUT2D eigenvalue weighted by Crippen LogP contribution is 2.25. The number of rotatable bonds is 8. The third kappa shape index (κ3) is 5.45. The summed E-state index contributed by atoms with van der Waals surface area (Å²) in [6, 6.07) is 11.2. The largest absolute Gasteiger partial charge is 0.495 e. The van der Waals surface area contributed by atoms with E-state index in [9.17, 15) is 13.2 Å². The number of carbonyl (C=O) groups excluding carboxylic acids is 1. The monoisotopic (exact) mass is 410 g/mol. The highest BCUT2D eigenvalue weighted by molar-refractivity contribution is 7.89. The predicted molar refractivity (Wildman–Crippen MR) is 106 cm³/mol. The van der Waals surface area contributed by atoms with Gasteiger partial charge in [-0.25, -0.2) is 13.1 Å². The van der Waals surface area contributed by atoms with Gasteiger partial charge in [0.25, 0.3) is 5.91 Å². The molecule has 0 bridgehead atoms. The fourth-order valence-electron chi connectivity index (χ4n) is 2.46. The van der Waals surface area contributed by atoms with Gasteiger partial charge in [0, 0.05) is 17.1 Å². The van der Waals surface area contributed by atoms with E-state index in [1.807, 2.05) is 26.0 Å². The molecule has 0 spiro atoms. The molecule has 0 saturated heterocycles. The zero-order valence-electron chi connectivity index (χ0n) is 15.5. The van der Waals surface area contributed by atoms with Crippen LogP contribution in [-0.4, -0.2) is 28.0 Å². The van der Waals surface area contributed by atoms with Gasteiger partial charge in [-0.05, 0) is 49.2 Å². The van der Waals surface area contributed by atoms with Gasteiger partial charge in [-0.1, -0.05) is 30.7 Å². The molecule has 0 unspecified atom stereocenters. The summed E-state index contributed by atoms with van der Waals surface area (Å²) in [5.41, 5.74) is 1.12. The number of methoxy groups -OCH3 is 1. The molecule has 0 aliphatic carbocycles. The van der Waals surface area contributed by atoms with E-state index in [1.54, 1.807) is 12.1 Å². The van der Waals surface area contributed by atoms with Crippen molar-refractivity contribution < 1.29 is 17.9 Å². The molecule has 146 valence electrons. The van der Waals surface area contributed by atoms with Crippen molar-refractivity contribution in [2.75, 3.05) is 13.7 Å². The summed E-state index contributed by atoms with van der Waals surface area (Å²) >= 11 is 5.88. The maximum Gasteiger partial charge on any atom is 0.251 e. The van der Waals surface area contributed by atoms with Crippen LogP contribution in [0, 0.1) is 0 Å². The molecular formula is C19H23ClN2O4S. The van der Waals surface area contributed by atoms with Crippen LogP contribution in [0.5, 0.6) is 5.75 Å². The van der Waals surface area contributed by atoms with Crippen LogP contribution in [0.15, 0.2) is 47.4 Å². The third-order valence-corrected chi connectivity index (χ3v) is 5.71. The van der Waals surface area contributed by atoms with Crippen LogP contribution >= 0.6 is 11.6 Å². The Morgan fingerprint density at radius 2 is 1.85 bits per heavy atom. The molecule has 0 aliphatic heterocycles. The molecule has 1 amide bonds. The molecule has 0 aromatic heterocycles. The van der Waals surface area contributed by atoms with E-state index in [4.69, 9.17) is 16.3 Å². The van der Waals surface area contributed by atoms with Crippen LogP contribution in [0.3, 0.4) is 0 Å². The van der Waals surface area contributed by atoms with Gasteiger partial charge in [0.2, 0.25) is 10.0 Å². The zero-order chi connectivity index (χ0) is 20.0. The van der Waals surface area contributed by atoms with Gasteiger partial charge < -0.3 is 10.1 Å². The molecule has 2 rings (SSSR count). The number of halogens is 1. The van der Waals surface area contributed by atoms with Crippen molar-refractivity contribution in [3.63, 3.8) is 0 Å². The Bertz CT molecular complexity index is 898. The highest BCUT2D eigenvalue weighted by Gasteiger charge is 2.22. The topological polar surface area (TPSA) is 84.5 Å². The Balaban J connectivity index is 2.26. The number of sulfonamides is 1. The van der Waals surface area contributed by atoms with Crippen molar-refractivity contribution in [3.05, 3.63) is 58.6 Å². The molecule has 2 aromatic carbocycles. The second kappa shape index (κ2) is 9.21. The SMILES string of the molecule is CCCNS(=O)(=O)c1cc(C(=O)N[C@@H](C)c2ccc(Cl)cc2)ccc1OC. The van der Waals surface area contributed by atoms with E-state index in [1.165, 1.54) is 25.3 Å². The summed E-state index contributed by atoms with van der Waals surface area (Å²) in [6.45, 7) is 4.00. The van der Waals surface area contributed by atoms with Gasteiger partial charge >= 0.3 is 0 Å². The molecule has 2 aromatic rings.